The Kier molecular flexibility index (Phi) is 6.42. The quantitative estimate of drug-likeness (QED) is 0.181. The van der Waals surface area contributed by atoms with E-state index in [0.29, 0.717) is 0 Å². The van der Waals surface area contributed by atoms with E-state index in [0.717, 1.165) is 72.1 Å². The molecule has 0 unspecified atom stereocenters. The molecule has 0 saturated heterocycles. The summed E-state index contributed by atoms with van der Waals surface area (Å²) in [5, 5.41) is 7.13. The van der Waals surface area contributed by atoms with Crippen molar-refractivity contribution in [3.05, 3.63) is 176 Å². The second-order valence-electron chi connectivity index (χ2n) is 13.3. The normalized spacial score (nSPS) is 11.8. The van der Waals surface area contributed by atoms with Crippen LogP contribution < -0.4 is 4.90 Å². The van der Waals surface area contributed by atoms with E-state index in [4.69, 9.17) is 8.83 Å². The molecule has 4 heteroatoms. The second-order valence-corrected chi connectivity index (χ2v) is 14.4. The molecule has 0 aliphatic heterocycles. The van der Waals surface area contributed by atoms with Gasteiger partial charge in [-0.05, 0) is 101 Å². The zero-order chi connectivity index (χ0) is 34.2. The summed E-state index contributed by atoms with van der Waals surface area (Å²) < 4.78 is 15.1. The molecular formula is C48H29NO2S. The van der Waals surface area contributed by atoms with Crippen molar-refractivity contribution in [2.45, 2.75) is 0 Å². The van der Waals surface area contributed by atoms with Crippen molar-refractivity contribution < 1.29 is 8.83 Å². The van der Waals surface area contributed by atoms with Crippen LogP contribution in [0.15, 0.2) is 185 Å². The molecule has 0 fully saturated rings. The highest BCUT2D eigenvalue weighted by atomic mass is 32.1. The minimum atomic E-state index is 0.869. The zero-order valence-electron chi connectivity index (χ0n) is 27.9. The van der Waals surface area contributed by atoms with E-state index >= 15 is 0 Å². The van der Waals surface area contributed by atoms with E-state index < -0.39 is 0 Å². The number of rotatable bonds is 5. The van der Waals surface area contributed by atoms with Crippen LogP contribution in [0.2, 0.25) is 0 Å². The molecule has 3 aromatic heterocycles. The number of hydrogen-bond donors (Lipinski definition) is 0. The predicted octanol–water partition coefficient (Wildman–Crippen LogP) is 14.7. The van der Waals surface area contributed by atoms with E-state index in [2.05, 4.69) is 157 Å². The lowest BCUT2D eigenvalue weighted by molar-refractivity contribution is 0.668. The van der Waals surface area contributed by atoms with Gasteiger partial charge in [-0.2, -0.15) is 0 Å². The fourth-order valence-electron chi connectivity index (χ4n) is 7.72. The van der Waals surface area contributed by atoms with Gasteiger partial charge >= 0.3 is 0 Å². The molecule has 52 heavy (non-hydrogen) atoms. The Balaban J connectivity index is 1.00. The zero-order valence-corrected chi connectivity index (χ0v) is 28.7. The summed E-state index contributed by atoms with van der Waals surface area (Å²) >= 11 is 1.85. The number of thiophene rings is 1. The molecule has 11 rings (SSSR count). The van der Waals surface area contributed by atoms with Gasteiger partial charge in [0.15, 0.2) is 0 Å². The molecule has 8 aromatic carbocycles. The summed E-state index contributed by atoms with van der Waals surface area (Å²) in [6, 6.07) is 62.7. The van der Waals surface area contributed by atoms with Crippen molar-refractivity contribution in [3.8, 4) is 22.3 Å². The third kappa shape index (κ3) is 4.65. The van der Waals surface area contributed by atoms with Crippen molar-refractivity contribution in [3.63, 3.8) is 0 Å². The first-order chi connectivity index (χ1) is 25.7. The van der Waals surface area contributed by atoms with E-state index in [1.807, 2.05) is 35.6 Å². The Bertz CT molecular complexity index is 2970. The minimum absolute atomic E-state index is 0.869. The second kappa shape index (κ2) is 11.5. The van der Waals surface area contributed by atoms with Gasteiger partial charge in [-0.1, -0.05) is 91.0 Å². The molecular weight excluding hydrogens is 655 g/mol. The van der Waals surface area contributed by atoms with Crippen molar-refractivity contribution in [1.82, 2.24) is 0 Å². The molecule has 0 aliphatic carbocycles. The van der Waals surface area contributed by atoms with Crippen LogP contribution in [0.5, 0.6) is 0 Å². The first kappa shape index (κ1) is 29.1. The van der Waals surface area contributed by atoms with Crippen molar-refractivity contribution in [2.75, 3.05) is 4.90 Å². The molecule has 0 N–H and O–H groups in total. The van der Waals surface area contributed by atoms with Crippen molar-refractivity contribution >= 4 is 92.4 Å². The maximum absolute atomic E-state index is 6.35. The standard InChI is InChI=1S/C48H29NO2S/c1-4-10-43-37(7-1)39-24-23-36(29-46(39)51-43)49(34-19-13-30(14-20-34)32-17-25-45-41(27-32)38-8-2-5-11-44(38)50-45)35-21-15-31(16-22-35)33-18-26-48-42(28-33)40-9-3-6-12-47(40)52-48/h1-29H. The summed E-state index contributed by atoms with van der Waals surface area (Å²) in [6.07, 6.45) is 0. The Labute approximate surface area is 303 Å². The molecule has 0 saturated carbocycles. The largest absolute Gasteiger partial charge is 0.456 e. The lowest BCUT2D eigenvalue weighted by Gasteiger charge is -2.26. The molecule has 0 bridgehead atoms. The third-order valence-corrected chi connectivity index (χ3v) is 11.4. The number of fused-ring (bicyclic) bond motifs is 9. The van der Waals surface area contributed by atoms with Gasteiger partial charge in [0, 0.05) is 64.8 Å². The third-order valence-electron chi connectivity index (χ3n) is 10.3. The Morgan fingerprint density at radius 1 is 0.308 bits per heavy atom. The average molecular weight is 684 g/mol. The van der Waals surface area contributed by atoms with Crippen LogP contribution in [0.3, 0.4) is 0 Å². The molecule has 0 aliphatic rings. The number of furan rings is 2. The van der Waals surface area contributed by atoms with Gasteiger partial charge in [0.1, 0.15) is 22.3 Å². The summed E-state index contributed by atoms with van der Waals surface area (Å²) in [6.45, 7) is 0. The van der Waals surface area contributed by atoms with Crippen LogP contribution in [0.1, 0.15) is 0 Å². The van der Waals surface area contributed by atoms with Crippen molar-refractivity contribution in [1.29, 1.82) is 0 Å². The molecule has 0 spiro atoms. The number of benzene rings is 8. The number of para-hydroxylation sites is 2. The molecule has 3 nitrogen and oxygen atoms in total. The maximum Gasteiger partial charge on any atom is 0.137 e. The van der Waals surface area contributed by atoms with Crippen LogP contribution in [-0.4, -0.2) is 0 Å². The lowest BCUT2D eigenvalue weighted by Crippen LogP contribution is -2.09. The highest BCUT2D eigenvalue weighted by Crippen LogP contribution is 2.41. The molecule has 3 heterocycles. The van der Waals surface area contributed by atoms with E-state index in [9.17, 15) is 0 Å². The summed E-state index contributed by atoms with van der Waals surface area (Å²) in [7, 11) is 0. The monoisotopic (exact) mass is 683 g/mol. The highest BCUT2D eigenvalue weighted by molar-refractivity contribution is 7.25. The van der Waals surface area contributed by atoms with Gasteiger partial charge in [0.2, 0.25) is 0 Å². The number of hydrogen-bond acceptors (Lipinski definition) is 4. The van der Waals surface area contributed by atoms with Crippen LogP contribution in [0, 0.1) is 0 Å². The molecule has 244 valence electrons. The Morgan fingerprint density at radius 3 is 1.50 bits per heavy atom. The Morgan fingerprint density at radius 2 is 0.788 bits per heavy atom. The summed E-state index contributed by atoms with van der Waals surface area (Å²) in [5.41, 5.74) is 11.4. The fourth-order valence-corrected chi connectivity index (χ4v) is 8.80. The van der Waals surface area contributed by atoms with Crippen LogP contribution in [0.25, 0.3) is 86.3 Å². The summed E-state index contributed by atoms with van der Waals surface area (Å²) in [5.74, 6) is 0. The molecule has 0 radical (unpaired) electrons. The smallest absolute Gasteiger partial charge is 0.137 e. The van der Waals surface area contributed by atoms with Crippen LogP contribution >= 0.6 is 11.3 Å². The number of nitrogens with zero attached hydrogens (tertiary/aromatic N) is 1. The van der Waals surface area contributed by atoms with Crippen molar-refractivity contribution in [2.24, 2.45) is 0 Å². The lowest BCUT2D eigenvalue weighted by atomic mass is 10.0. The highest BCUT2D eigenvalue weighted by Gasteiger charge is 2.17. The van der Waals surface area contributed by atoms with Gasteiger partial charge in [-0.15, -0.1) is 11.3 Å². The predicted molar refractivity (Wildman–Crippen MR) is 219 cm³/mol. The van der Waals surface area contributed by atoms with Gasteiger partial charge in [0.25, 0.3) is 0 Å². The molecule has 0 amide bonds. The topological polar surface area (TPSA) is 29.5 Å². The van der Waals surface area contributed by atoms with Crippen LogP contribution in [-0.2, 0) is 0 Å². The van der Waals surface area contributed by atoms with Gasteiger partial charge in [0.05, 0.1) is 0 Å². The van der Waals surface area contributed by atoms with Crippen LogP contribution in [0.4, 0.5) is 17.1 Å². The van der Waals surface area contributed by atoms with Gasteiger partial charge in [-0.3, -0.25) is 0 Å². The Hall–Kier alpha value is -6.62. The fraction of sp³-hybridized carbons (Fsp3) is 0. The number of anilines is 3. The van der Waals surface area contributed by atoms with Gasteiger partial charge in [-0.25, -0.2) is 0 Å². The SMILES string of the molecule is c1ccc2c(c1)oc1cc(N(c3ccc(-c4ccc5oc6ccccc6c5c4)cc3)c3ccc(-c4ccc5sc6ccccc6c5c4)cc3)ccc12. The average Bonchev–Trinajstić information content (AvgIpc) is 3.89. The first-order valence-electron chi connectivity index (χ1n) is 17.5. The van der Waals surface area contributed by atoms with Gasteiger partial charge < -0.3 is 13.7 Å². The first-order valence-corrected chi connectivity index (χ1v) is 18.3. The molecule has 11 aromatic rings. The van der Waals surface area contributed by atoms with E-state index in [-0.39, 0.29) is 0 Å². The summed E-state index contributed by atoms with van der Waals surface area (Å²) in [4.78, 5) is 2.31. The minimum Gasteiger partial charge on any atom is -0.456 e. The molecule has 0 atom stereocenters. The van der Waals surface area contributed by atoms with E-state index in [1.54, 1.807) is 0 Å². The van der Waals surface area contributed by atoms with E-state index in [1.165, 1.54) is 31.3 Å². The maximum atomic E-state index is 6.35.